The second-order valence-electron chi connectivity index (χ2n) is 4.41. The molecule has 1 N–H and O–H groups in total. The van der Waals surface area contributed by atoms with Crippen LogP contribution in [-0.2, 0) is 9.53 Å². The number of carboxylic acids is 1. The first kappa shape index (κ1) is 14.9. The molecule has 0 aromatic heterocycles. The third-order valence-electron chi connectivity index (χ3n) is 2.33. The fraction of sp³-hybridized carbons (Fsp3) is 0.818. The number of hydrogen-bond acceptors (Lipinski definition) is 4. The van der Waals surface area contributed by atoms with E-state index >= 15 is 0 Å². The van der Waals surface area contributed by atoms with Gasteiger partial charge in [-0.25, -0.2) is 0 Å². The maximum absolute atomic E-state index is 10.6. The first-order valence-corrected chi connectivity index (χ1v) is 5.25. The molecule has 0 aliphatic heterocycles. The molecule has 0 aliphatic carbocycles. The normalized spacial score (nSPS) is 11.4. The number of hydrogen-bond donors (Lipinski definition) is 1. The molecule has 5 heteroatoms. The van der Waals surface area contributed by atoms with Gasteiger partial charge in [-0.1, -0.05) is 0 Å². The lowest BCUT2D eigenvalue weighted by Crippen LogP contribution is -2.35. The van der Waals surface area contributed by atoms with Crippen molar-refractivity contribution in [2.75, 3.05) is 33.4 Å². The van der Waals surface area contributed by atoms with Gasteiger partial charge in [0, 0.05) is 20.2 Å². The summed E-state index contributed by atoms with van der Waals surface area (Å²) < 4.78 is 4.91. The van der Waals surface area contributed by atoms with Crippen molar-refractivity contribution in [3.05, 3.63) is 0 Å². The Labute approximate surface area is 96.6 Å². The molecular formula is C11H20N2O3. The summed E-state index contributed by atoms with van der Waals surface area (Å²) in [7, 11) is 1.58. The standard InChI is InChI=1S/C11H20N2O3/c1-11(2,9-12)4-5-13(6-7-16-3)8-10(14)15/h4-8H2,1-3H3,(H,14,15). The molecular weight excluding hydrogens is 208 g/mol. The molecule has 0 aliphatic rings. The molecule has 0 amide bonds. The van der Waals surface area contributed by atoms with E-state index in [4.69, 9.17) is 15.1 Å². The Balaban J connectivity index is 4.11. The molecule has 0 aromatic carbocycles. The summed E-state index contributed by atoms with van der Waals surface area (Å²) in [6.07, 6.45) is 0.653. The lowest BCUT2D eigenvalue weighted by atomic mass is 9.91. The number of nitriles is 1. The summed E-state index contributed by atoms with van der Waals surface area (Å²) in [4.78, 5) is 12.4. The third-order valence-corrected chi connectivity index (χ3v) is 2.33. The number of rotatable bonds is 8. The molecule has 0 atom stereocenters. The van der Waals surface area contributed by atoms with Crippen molar-refractivity contribution >= 4 is 5.97 Å². The maximum Gasteiger partial charge on any atom is 0.317 e. The summed E-state index contributed by atoms with van der Waals surface area (Å²) in [5.74, 6) is -0.856. The van der Waals surface area contributed by atoms with Crippen molar-refractivity contribution in [3.8, 4) is 6.07 Å². The van der Waals surface area contributed by atoms with Gasteiger partial charge in [-0.3, -0.25) is 9.69 Å². The van der Waals surface area contributed by atoms with Crippen LogP contribution in [0.2, 0.25) is 0 Å². The minimum atomic E-state index is -0.856. The Morgan fingerprint density at radius 2 is 2.12 bits per heavy atom. The Kier molecular flexibility index (Phi) is 6.70. The molecule has 0 bridgehead atoms. The molecule has 5 nitrogen and oxygen atoms in total. The summed E-state index contributed by atoms with van der Waals surface area (Å²) in [6, 6.07) is 2.20. The smallest absolute Gasteiger partial charge is 0.317 e. The Morgan fingerprint density at radius 3 is 2.56 bits per heavy atom. The van der Waals surface area contributed by atoms with Gasteiger partial charge in [-0.05, 0) is 20.3 Å². The van der Waals surface area contributed by atoms with Crippen LogP contribution in [0.1, 0.15) is 20.3 Å². The third kappa shape index (κ3) is 7.21. The minimum Gasteiger partial charge on any atom is -0.480 e. The van der Waals surface area contributed by atoms with Gasteiger partial charge < -0.3 is 9.84 Å². The molecule has 16 heavy (non-hydrogen) atoms. The van der Waals surface area contributed by atoms with Crippen molar-refractivity contribution in [2.45, 2.75) is 20.3 Å². The van der Waals surface area contributed by atoms with Crippen molar-refractivity contribution in [3.63, 3.8) is 0 Å². The average molecular weight is 228 g/mol. The van der Waals surface area contributed by atoms with E-state index in [1.165, 1.54) is 0 Å². The van der Waals surface area contributed by atoms with Gasteiger partial charge in [0.25, 0.3) is 0 Å². The number of aliphatic carboxylic acids is 1. The van der Waals surface area contributed by atoms with Crippen LogP contribution in [0.3, 0.4) is 0 Å². The van der Waals surface area contributed by atoms with Gasteiger partial charge in [0.15, 0.2) is 0 Å². The zero-order valence-electron chi connectivity index (χ0n) is 10.2. The molecule has 0 unspecified atom stereocenters. The van der Waals surface area contributed by atoms with Crippen molar-refractivity contribution in [2.24, 2.45) is 5.41 Å². The Morgan fingerprint density at radius 1 is 1.50 bits per heavy atom. The SMILES string of the molecule is COCCN(CCC(C)(C)C#N)CC(=O)O. The highest BCUT2D eigenvalue weighted by Crippen LogP contribution is 2.18. The van der Waals surface area contributed by atoms with Crippen LogP contribution in [0.5, 0.6) is 0 Å². The van der Waals surface area contributed by atoms with Crippen LogP contribution in [0.4, 0.5) is 0 Å². The molecule has 92 valence electrons. The van der Waals surface area contributed by atoms with E-state index in [0.717, 1.165) is 0 Å². The lowest BCUT2D eigenvalue weighted by molar-refractivity contribution is -0.138. The molecule has 0 radical (unpaired) electrons. The second kappa shape index (κ2) is 7.20. The molecule has 0 saturated carbocycles. The highest BCUT2D eigenvalue weighted by atomic mass is 16.5. The van der Waals surface area contributed by atoms with E-state index in [9.17, 15) is 4.79 Å². The molecule has 0 fully saturated rings. The number of methoxy groups -OCH3 is 1. The predicted molar refractivity (Wildman–Crippen MR) is 60.0 cm³/mol. The van der Waals surface area contributed by atoms with Crippen LogP contribution in [-0.4, -0.2) is 49.3 Å². The highest BCUT2D eigenvalue weighted by Gasteiger charge is 2.19. The van der Waals surface area contributed by atoms with E-state index in [2.05, 4.69) is 6.07 Å². The fourth-order valence-corrected chi connectivity index (χ4v) is 1.18. The van der Waals surface area contributed by atoms with Gasteiger partial charge in [-0.2, -0.15) is 5.26 Å². The first-order chi connectivity index (χ1) is 7.41. The predicted octanol–water partition coefficient (Wildman–Crippen LogP) is 0.959. The number of carbonyl (C=O) groups is 1. The molecule has 0 heterocycles. The fourth-order valence-electron chi connectivity index (χ4n) is 1.18. The number of nitrogens with zero attached hydrogens (tertiary/aromatic N) is 2. The summed E-state index contributed by atoms with van der Waals surface area (Å²) >= 11 is 0. The average Bonchev–Trinajstić information content (AvgIpc) is 2.21. The monoisotopic (exact) mass is 228 g/mol. The van der Waals surface area contributed by atoms with Crippen LogP contribution in [0.15, 0.2) is 0 Å². The second-order valence-corrected chi connectivity index (χ2v) is 4.41. The van der Waals surface area contributed by atoms with E-state index < -0.39 is 11.4 Å². The van der Waals surface area contributed by atoms with Crippen molar-refractivity contribution in [1.29, 1.82) is 5.26 Å². The number of ether oxygens (including phenoxy) is 1. The van der Waals surface area contributed by atoms with E-state index in [-0.39, 0.29) is 6.54 Å². The molecule has 0 spiro atoms. The van der Waals surface area contributed by atoms with Gasteiger partial charge >= 0.3 is 5.97 Å². The van der Waals surface area contributed by atoms with Crippen LogP contribution < -0.4 is 0 Å². The largest absolute Gasteiger partial charge is 0.480 e. The first-order valence-electron chi connectivity index (χ1n) is 5.25. The van der Waals surface area contributed by atoms with E-state index in [1.807, 2.05) is 13.8 Å². The Bertz CT molecular complexity index is 258. The van der Waals surface area contributed by atoms with Crippen molar-refractivity contribution < 1.29 is 14.6 Å². The molecule has 0 rings (SSSR count). The summed E-state index contributed by atoms with van der Waals surface area (Å²) in [6.45, 7) is 5.36. The maximum atomic E-state index is 10.6. The summed E-state index contributed by atoms with van der Waals surface area (Å²) in [5.41, 5.74) is -0.413. The van der Waals surface area contributed by atoms with Gasteiger partial charge in [-0.15, -0.1) is 0 Å². The van der Waals surface area contributed by atoms with Crippen molar-refractivity contribution in [1.82, 2.24) is 4.90 Å². The van der Waals surface area contributed by atoms with E-state index in [0.29, 0.717) is 26.1 Å². The van der Waals surface area contributed by atoms with Crippen LogP contribution in [0, 0.1) is 16.7 Å². The summed E-state index contributed by atoms with van der Waals surface area (Å²) in [5, 5.41) is 17.6. The quantitative estimate of drug-likeness (QED) is 0.669. The van der Waals surface area contributed by atoms with Crippen LogP contribution >= 0.6 is 0 Å². The topological polar surface area (TPSA) is 73.6 Å². The van der Waals surface area contributed by atoms with E-state index in [1.54, 1.807) is 12.0 Å². The van der Waals surface area contributed by atoms with Crippen LogP contribution in [0.25, 0.3) is 0 Å². The zero-order valence-corrected chi connectivity index (χ0v) is 10.2. The lowest BCUT2D eigenvalue weighted by Gasteiger charge is -2.23. The zero-order chi connectivity index (χ0) is 12.6. The van der Waals surface area contributed by atoms with Gasteiger partial charge in [0.2, 0.25) is 0 Å². The number of carboxylic acid groups (broad SMARTS) is 1. The Hall–Kier alpha value is -1.12. The van der Waals surface area contributed by atoms with Gasteiger partial charge in [0.1, 0.15) is 0 Å². The molecule has 0 aromatic rings. The van der Waals surface area contributed by atoms with Gasteiger partial charge in [0.05, 0.1) is 24.6 Å². The molecule has 0 saturated heterocycles. The highest BCUT2D eigenvalue weighted by molar-refractivity contribution is 5.69. The minimum absolute atomic E-state index is 0.00906.